The minimum Gasteiger partial charge on any atom is -0.469 e. The second-order valence-corrected chi connectivity index (χ2v) is 5.36. The Morgan fingerprint density at radius 1 is 1.43 bits per heavy atom. The quantitative estimate of drug-likeness (QED) is 0.623. The maximum absolute atomic E-state index is 11.2. The fourth-order valence-electron chi connectivity index (χ4n) is 2.33. The van der Waals surface area contributed by atoms with Gasteiger partial charge in [-0.1, -0.05) is 12.2 Å². The molecule has 1 aromatic rings. The molecule has 2 heterocycles. The minimum atomic E-state index is -0.160. The maximum atomic E-state index is 11.2. The number of pyridine rings is 1. The topological polar surface area (TPSA) is 71.7 Å². The van der Waals surface area contributed by atoms with E-state index in [2.05, 4.69) is 19.5 Å². The van der Waals surface area contributed by atoms with Crippen LogP contribution in [-0.2, 0) is 9.53 Å². The number of methoxy groups -OCH3 is 1. The van der Waals surface area contributed by atoms with Crippen molar-refractivity contribution in [3.63, 3.8) is 0 Å². The van der Waals surface area contributed by atoms with Crippen molar-refractivity contribution < 1.29 is 9.53 Å². The first kappa shape index (κ1) is 15.7. The number of thiocarbonyl (C=S) groups is 1. The number of nitrogens with two attached hydrogens (primary N) is 1. The van der Waals surface area contributed by atoms with Gasteiger partial charge in [-0.25, -0.2) is 0 Å². The number of carbonyl (C=O) groups excluding carboxylic acids is 1. The number of rotatable bonds is 5. The fourth-order valence-corrected chi connectivity index (χ4v) is 2.44. The summed E-state index contributed by atoms with van der Waals surface area (Å²) >= 11 is 4.96. The number of hydrogen-bond donors (Lipinski definition) is 1. The van der Waals surface area contributed by atoms with E-state index in [1.807, 2.05) is 12.1 Å². The van der Waals surface area contributed by atoms with Crippen LogP contribution in [-0.4, -0.2) is 60.7 Å². The van der Waals surface area contributed by atoms with Gasteiger partial charge in [0.15, 0.2) is 0 Å². The maximum Gasteiger partial charge on any atom is 0.306 e. The number of anilines is 1. The summed E-state index contributed by atoms with van der Waals surface area (Å²) < 4.78 is 4.66. The standard InChI is InChI=1S/C14H20N4O2S/c1-20-13(19)3-5-17-6-8-18(9-7-17)11-2-4-16-12(10-11)14(15)21/h2,4,10H,3,5-9H2,1H3,(H2,15,21). The molecule has 6 nitrogen and oxygen atoms in total. The molecule has 2 N–H and O–H groups in total. The van der Waals surface area contributed by atoms with Gasteiger partial charge in [-0.2, -0.15) is 0 Å². The van der Waals surface area contributed by atoms with E-state index in [9.17, 15) is 4.79 Å². The van der Waals surface area contributed by atoms with Crippen LogP contribution < -0.4 is 10.6 Å². The van der Waals surface area contributed by atoms with Crippen LogP contribution in [0.3, 0.4) is 0 Å². The van der Waals surface area contributed by atoms with E-state index in [-0.39, 0.29) is 5.97 Å². The van der Waals surface area contributed by atoms with E-state index in [0.29, 0.717) is 17.1 Å². The Hall–Kier alpha value is -1.73. The third-order valence-electron chi connectivity index (χ3n) is 3.59. The van der Waals surface area contributed by atoms with Crippen LogP contribution in [0, 0.1) is 0 Å². The number of hydrogen-bond acceptors (Lipinski definition) is 6. The molecule has 1 fully saturated rings. The molecule has 1 aliphatic rings. The van der Waals surface area contributed by atoms with Crippen LogP contribution in [0.15, 0.2) is 18.3 Å². The van der Waals surface area contributed by atoms with E-state index in [1.54, 1.807) is 6.20 Å². The normalized spacial score (nSPS) is 15.8. The van der Waals surface area contributed by atoms with Gasteiger partial charge in [0.05, 0.1) is 19.2 Å². The third-order valence-corrected chi connectivity index (χ3v) is 3.80. The first-order valence-electron chi connectivity index (χ1n) is 6.90. The summed E-state index contributed by atoms with van der Waals surface area (Å²) in [6.45, 7) is 4.39. The smallest absolute Gasteiger partial charge is 0.306 e. The lowest BCUT2D eigenvalue weighted by molar-refractivity contribution is -0.141. The molecule has 1 aliphatic heterocycles. The van der Waals surface area contributed by atoms with Gasteiger partial charge in [0.1, 0.15) is 4.99 Å². The molecule has 0 saturated carbocycles. The van der Waals surface area contributed by atoms with Crippen molar-refractivity contribution in [1.29, 1.82) is 0 Å². The highest BCUT2D eigenvalue weighted by Crippen LogP contribution is 2.17. The largest absolute Gasteiger partial charge is 0.469 e. The Kier molecular flexibility index (Phi) is 5.46. The lowest BCUT2D eigenvalue weighted by Gasteiger charge is -2.36. The fraction of sp³-hybridized carbons (Fsp3) is 0.500. The van der Waals surface area contributed by atoms with Crippen LogP contribution in [0.4, 0.5) is 5.69 Å². The first-order chi connectivity index (χ1) is 10.1. The van der Waals surface area contributed by atoms with Crippen LogP contribution in [0.25, 0.3) is 0 Å². The van der Waals surface area contributed by atoms with E-state index in [0.717, 1.165) is 38.4 Å². The van der Waals surface area contributed by atoms with Gasteiger partial charge < -0.3 is 15.4 Å². The predicted octanol–water partition coefficient (Wildman–Crippen LogP) is 0.401. The highest BCUT2D eigenvalue weighted by Gasteiger charge is 2.18. The Labute approximate surface area is 129 Å². The predicted molar refractivity (Wildman–Crippen MR) is 85.4 cm³/mol. The highest BCUT2D eigenvalue weighted by molar-refractivity contribution is 7.80. The van der Waals surface area contributed by atoms with Gasteiger partial charge in [0.2, 0.25) is 0 Å². The molecule has 0 bridgehead atoms. The van der Waals surface area contributed by atoms with Crippen molar-refractivity contribution in [1.82, 2.24) is 9.88 Å². The number of aromatic nitrogens is 1. The Bertz CT molecular complexity index is 515. The Morgan fingerprint density at radius 3 is 2.76 bits per heavy atom. The molecule has 1 aromatic heterocycles. The van der Waals surface area contributed by atoms with Crippen LogP contribution >= 0.6 is 12.2 Å². The molecule has 2 rings (SSSR count). The van der Waals surface area contributed by atoms with Crippen LogP contribution in [0.5, 0.6) is 0 Å². The minimum absolute atomic E-state index is 0.160. The van der Waals surface area contributed by atoms with Crippen molar-refractivity contribution >= 4 is 28.9 Å². The number of piperazine rings is 1. The third kappa shape index (κ3) is 4.37. The number of nitrogens with zero attached hydrogens (tertiary/aromatic N) is 3. The average molecular weight is 308 g/mol. The SMILES string of the molecule is COC(=O)CCN1CCN(c2ccnc(C(N)=S)c2)CC1. The second kappa shape index (κ2) is 7.33. The zero-order valence-electron chi connectivity index (χ0n) is 12.1. The molecule has 0 spiro atoms. The van der Waals surface area contributed by atoms with Gasteiger partial charge in [-0.15, -0.1) is 0 Å². The molecule has 0 radical (unpaired) electrons. The first-order valence-corrected chi connectivity index (χ1v) is 7.31. The summed E-state index contributed by atoms with van der Waals surface area (Å²) in [7, 11) is 1.42. The van der Waals surface area contributed by atoms with Crippen molar-refractivity contribution in [2.75, 3.05) is 44.7 Å². The molecule has 0 amide bonds. The second-order valence-electron chi connectivity index (χ2n) is 4.92. The molecule has 0 unspecified atom stereocenters. The van der Waals surface area contributed by atoms with Gasteiger partial charge in [-0.3, -0.25) is 14.7 Å². The molecule has 0 atom stereocenters. The molecule has 1 saturated heterocycles. The summed E-state index contributed by atoms with van der Waals surface area (Å²) in [6, 6.07) is 3.89. The molecular formula is C14H20N4O2S. The summed E-state index contributed by atoms with van der Waals surface area (Å²) in [5, 5.41) is 0. The lowest BCUT2D eigenvalue weighted by Crippen LogP contribution is -2.47. The zero-order valence-corrected chi connectivity index (χ0v) is 12.9. The summed E-state index contributed by atoms with van der Waals surface area (Å²) in [5.74, 6) is -0.160. The number of carbonyl (C=O) groups is 1. The number of ether oxygens (including phenoxy) is 1. The van der Waals surface area contributed by atoms with Crippen molar-refractivity contribution in [2.45, 2.75) is 6.42 Å². The van der Waals surface area contributed by atoms with Gasteiger partial charge in [-0.05, 0) is 12.1 Å². The van der Waals surface area contributed by atoms with E-state index in [4.69, 9.17) is 18.0 Å². The molecule has 0 aliphatic carbocycles. The summed E-state index contributed by atoms with van der Waals surface area (Å²) in [6.07, 6.45) is 2.17. The van der Waals surface area contributed by atoms with Crippen molar-refractivity contribution in [3.05, 3.63) is 24.0 Å². The summed E-state index contributed by atoms with van der Waals surface area (Å²) in [4.78, 5) is 20.2. The van der Waals surface area contributed by atoms with Crippen LogP contribution in [0.2, 0.25) is 0 Å². The van der Waals surface area contributed by atoms with Crippen molar-refractivity contribution in [3.8, 4) is 0 Å². The lowest BCUT2D eigenvalue weighted by atomic mass is 10.2. The van der Waals surface area contributed by atoms with Crippen LogP contribution in [0.1, 0.15) is 12.1 Å². The average Bonchev–Trinajstić information content (AvgIpc) is 2.53. The molecule has 0 aromatic carbocycles. The molecular weight excluding hydrogens is 288 g/mol. The monoisotopic (exact) mass is 308 g/mol. The molecule has 21 heavy (non-hydrogen) atoms. The Morgan fingerprint density at radius 2 is 2.14 bits per heavy atom. The van der Waals surface area contributed by atoms with Crippen molar-refractivity contribution in [2.24, 2.45) is 5.73 Å². The zero-order chi connectivity index (χ0) is 15.2. The van der Waals surface area contributed by atoms with E-state index >= 15 is 0 Å². The Balaban J connectivity index is 1.87. The highest BCUT2D eigenvalue weighted by atomic mass is 32.1. The molecule has 7 heteroatoms. The summed E-state index contributed by atoms with van der Waals surface area (Å²) in [5.41, 5.74) is 7.35. The van der Waals surface area contributed by atoms with E-state index in [1.165, 1.54) is 7.11 Å². The van der Waals surface area contributed by atoms with Gasteiger partial charge in [0, 0.05) is 44.6 Å². The van der Waals surface area contributed by atoms with Gasteiger partial charge >= 0.3 is 5.97 Å². The van der Waals surface area contributed by atoms with E-state index < -0.39 is 0 Å². The molecule has 114 valence electrons. The van der Waals surface area contributed by atoms with Gasteiger partial charge in [0.25, 0.3) is 0 Å². The number of esters is 1.